The number of aliphatic hydroxyl groups is 1. The summed E-state index contributed by atoms with van der Waals surface area (Å²) < 4.78 is 37.5. The Morgan fingerprint density at radius 2 is 1.82 bits per heavy atom. The first-order valence-corrected chi connectivity index (χ1v) is 6.59. The third kappa shape index (κ3) is 3.22. The van der Waals surface area contributed by atoms with Crippen LogP contribution in [0.4, 0.5) is 13.2 Å². The third-order valence-electron chi connectivity index (χ3n) is 3.59. The van der Waals surface area contributed by atoms with E-state index in [4.69, 9.17) is 5.11 Å². The van der Waals surface area contributed by atoms with Crippen LogP contribution < -0.4 is 0 Å². The molecule has 8 heteroatoms. The van der Waals surface area contributed by atoms with Gasteiger partial charge < -0.3 is 14.9 Å². The van der Waals surface area contributed by atoms with Gasteiger partial charge in [0.05, 0.1) is 5.56 Å². The zero-order valence-electron chi connectivity index (χ0n) is 11.8. The molecule has 1 saturated heterocycles. The highest BCUT2D eigenvalue weighted by molar-refractivity contribution is 5.94. The van der Waals surface area contributed by atoms with Crippen LogP contribution in [-0.2, 0) is 22.3 Å². The minimum Gasteiger partial charge on any atom is -0.376 e. The number of benzene rings is 1. The molecule has 1 aliphatic heterocycles. The van der Waals surface area contributed by atoms with Crippen molar-refractivity contribution in [3.63, 3.8) is 0 Å². The van der Waals surface area contributed by atoms with Crippen molar-refractivity contribution in [1.29, 1.82) is 0 Å². The van der Waals surface area contributed by atoms with E-state index < -0.39 is 30.4 Å². The number of amides is 2. The molecule has 0 spiro atoms. The van der Waals surface area contributed by atoms with E-state index in [0.717, 1.165) is 17.0 Å². The standard InChI is InChI=1S/C14H15F3N2O3/c1-9-13(22)18(7-12(21)19(9)8-20)6-10-2-4-11(5-3-10)14(15,16)17/h2-5,9,20H,6-8H2,1H3. The Morgan fingerprint density at radius 1 is 1.23 bits per heavy atom. The Hall–Kier alpha value is -2.09. The van der Waals surface area contributed by atoms with E-state index in [1.807, 2.05) is 0 Å². The Kier molecular flexibility index (Phi) is 4.41. The normalized spacial score (nSPS) is 19.8. The number of carbonyl (C=O) groups is 2. The van der Waals surface area contributed by atoms with Gasteiger partial charge >= 0.3 is 6.18 Å². The number of halogens is 3. The molecule has 0 saturated carbocycles. The minimum absolute atomic E-state index is 0.0479. The molecule has 1 atom stereocenters. The van der Waals surface area contributed by atoms with E-state index in [1.165, 1.54) is 24.0 Å². The molecule has 22 heavy (non-hydrogen) atoms. The largest absolute Gasteiger partial charge is 0.416 e. The third-order valence-corrected chi connectivity index (χ3v) is 3.59. The topological polar surface area (TPSA) is 60.9 Å². The lowest BCUT2D eigenvalue weighted by molar-refractivity contribution is -0.159. The van der Waals surface area contributed by atoms with Crippen LogP contribution in [0.3, 0.4) is 0 Å². The van der Waals surface area contributed by atoms with Crippen molar-refractivity contribution in [1.82, 2.24) is 9.80 Å². The average molecular weight is 316 g/mol. The lowest BCUT2D eigenvalue weighted by atomic mass is 10.1. The van der Waals surface area contributed by atoms with Crippen molar-refractivity contribution in [2.24, 2.45) is 0 Å². The summed E-state index contributed by atoms with van der Waals surface area (Å²) in [6, 6.07) is 3.65. The number of nitrogens with zero attached hydrogens (tertiary/aromatic N) is 2. The molecule has 0 bridgehead atoms. The summed E-state index contributed by atoms with van der Waals surface area (Å²) in [6.07, 6.45) is -4.41. The van der Waals surface area contributed by atoms with Crippen LogP contribution in [0.15, 0.2) is 24.3 Å². The summed E-state index contributed by atoms with van der Waals surface area (Å²) in [5.41, 5.74) is -0.268. The summed E-state index contributed by atoms with van der Waals surface area (Å²) in [5.74, 6) is -0.755. The first-order valence-electron chi connectivity index (χ1n) is 6.59. The fraction of sp³-hybridized carbons (Fsp3) is 0.429. The Balaban J connectivity index is 2.11. The molecule has 5 nitrogen and oxygen atoms in total. The zero-order valence-corrected chi connectivity index (χ0v) is 11.8. The van der Waals surface area contributed by atoms with E-state index >= 15 is 0 Å². The van der Waals surface area contributed by atoms with Crippen LogP contribution >= 0.6 is 0 Å². The molecule has 0 aromatic heterocycles. The van der Waals surface area contributed by atoms with Crippen molar-refractivity contribution in [2.75, 3.05) is 13.3 Å². The Bertz CT molecular complexity index is 572. The number of alkyl halides is 3. The summed E-state index contributed by atoms with van der Waals surface area (Å²) in [7, 11) is 0. The molecule has 1 aliphatic rings. The molecule has 1 heterocycles. The van der Waals surface area contributed by atoms with Gasteiger partial charge in [-0.15, -0.1) is 0 Å². The van der Waals surface area contributed by atoms with Crippen molar-refractivity contribution in [3.8, 4) is 0 Å². The molecule has 1 aromatic rings. The molecule has 1 N–H and O–H groups in total. The van der Waals surface area contributed by atoms with Crippen molar-refractivity contribution < 1.29 is 27.9 Å². The average Bonchev–Trinajstić information content (AvgIpc) is 2.44. The summed E-state index contributed by atoms with van der Waals surface area (Å²) in [6.45, 7) is 0.798. The van der Waals surface area contributed by atoms with Crippen molar-refractivity contribution in [2.45, 2.75) is 25.7 Å². The van der Waals surface area contributed by atoms with Gasteiger partial charge in [0.25, 0.3) is 0 Å². The molecule has 120 valence electrons. The molecule has 0 radical (unpaired) electrons. The second-order valence-corrected chi connectivity index (χ2v) is 5.07. The molecule has 0 aliphatic carbocycles. The highest BCUT2D eigenvalue weighted by atomic mass is 19.4. The van der Waals surface area contributed by atoms with E-state index in [2.05, 4.69) is 0 Å². The van der Waals surface area contributed by atoms with Crippen LogP contribution in [0.2, 0.25) is 0 Å². The van der Waals surface area contributed by atoms with Crippen molar-refractivity contribution in [3.05, 3.63) is 35.4 Å². The van der Waals surface area contributed by atoms with Gasteiger partial charge in [-0.25, -0.2) is 0 Å². The second-order valence-electron chi connectivity index (χ2n) is 5.07. The molecule has 1 aromatic carbocycles. The number of carbonyl (C=O) groups excluding carboxylic acids is 2. The minimum atomic E-state index is -4.41. The van der Waals surface area contributed by atoms with Crippen molar-refractivity contribution >= 4 is 11.8 Å². The second kappa shape index (κ2) is 5.96. The summed E-state index contributed by atoms with van der Waals surface area (Å²) in [4.78, 5) is 26.2. The maximum Gasteiger partial charge on any atom is 0.416 e. The zero-order chi connectivity index (χ0) is 16.5. The molecule has 2 rings (SSSR count). The van der Waals surface area contributed by atoms with Crippen LogP contribution in [0.1, 0.15) is 18.1 Å². The van der Waals surface area contributed by atoms with E-state index in [9.17, 15) is 22.8 Å². The highest BCUT2D eigenvalue weighted by Crippen LogP contribution is 2.29. The number of aliphatic hydroxyl groups excluding tert-OH is 1. The van der Waals surface area contributed by atoms with Crippen LogP contribution in [-0.4, -0.2) is 46.0 Å². The smallest absolute Gasteiger partial charge is 0.376 e. The quantitative estimate of drug-likeness (QED) is 0.912. The Morgan fingerprint density at radius 3 is 2.32 bits per heavy atom. The fourth-order valence-electron chi connectivity index (χ4n) is 2.30. The predicted molar refractivity (Wildman–Crippen MR) is 70.3 cm³/mol. The number of rotatable bonds is 3. The fourth-order valence-corrected chi connectivity index (χ4v) is 2.30. The first kappa shape index (κ1) is 16.3. The first-order chi connectivity index (χ1) is 10.2. The van der Waals surface area contributed by atoms with E-state index in [-0.39, 0.29) is 19.0 Å². The molecule has 1 fully saturated rings. The van der Waals surface area contributed by atoms with Gasteiger partial charge in [0, 0.05) is 6.54 Å². The van der Waals surface area contributed by atoms with Gasteiger partial charge in [-0.2, -0.15) is 13.2 Å². The SMILES string of the molecule is CC1C(=O)N(Cc2ccc(C(F)(F)F)cc2)CC(=O)N1CO. The number of hydrogen-bond acceptors (Lipinski definition) is 3. The summed E-state index contributed by atoms with van der Waals surface area (Å²) >= 11 is 0. The summed E-state index contributed by atoms with van der Waals surface area (Å²) in [5, 5.41) is 9.06. The lowest BCUT2D eigenvalue weighted by Gasteiger charge is -2.37. The molecule has 2 amide bonds. The van der Waals surface area contributed by atoms with Gasteiger partial charge in [0.1, 0.15) is 19.3 Å². The maximum atomic E-state index is 12.5. The Labute approximate surface area is 124 Å². The van der Waals surface area contributed by atoms with E-state index in [1.54, 1.807) is 0 Å². The molecular weight excluding hydrogens is 301 g/mol. The van der Waals surface area contributed by atoms with Gasteiger partial charge in [-0.3, -0.25) is 9.59 Å². The molecular formula is C14H15F3N2O3. The van der Waals surface area contributed by atoms with E-state index in [0.29, 0.717) is 5.56 Å². The van der Waals surface area contributed by atoms with Crippen LogP contribution in [0.25, 0.3) is 0 Å². The maximum absolute atomic E-state index is 12.5. The number of hydrogen-bond donors (Lipinski definition) is 1. The predicted octanol–water partition coefficient (Wildman–Crippen LogP) is 1.21. The van der Waals surface area contributed by atoms with Crippen LogP contribution in [0.5, 0.6) is 0 Å². The number of piperazine rings is 1. The highest BCUT2D eigenvalue weighted by Gasteiger charge is 2.36. The van der Waals surface area contributed by atoms with Gasteiger partial charge in [0.15, 0.2) is 0 Å². The van der Waals surface area contributed by atoms with Crippen LogP contribution in [0, 0.1) is 0 Å². The monoisotopic (exact) mass is 316 g/mol. The lowest BCUT2D eigenvalue weighted by Crippen LogP contribution is -2.58. The van der Waals surface area contributed by atoms with Gasteiger partial charge in [0.2, 0.25) is 11.8 Å². The molecule has 1 unspecified atom stereocenters. The van der Waals surface area contributed by atoms with Gasteiger partial charge in [-0.1, -0.05) is 12.1 Å². The van der Waals surface area contributed by atoms with Gasteiger partial charge in [-0.05, 0) is 24.6 Å².